The summed E-state index contributed by atoms with van der Waals surface area (Å²) < 4.78 is 1.80. The van der Waals surface area contributed by atoms with Gasteiger partial charge in [0.25, 0.3) is 0 Å². The molecular weight excluding hydrogens is 306 g/mol. The van der Waals surface area contributed by atoms with Crippen molar-refractivity contribution in [3.05, 3.63) is 39.8 Å². The molecule has 2 heterocycles. The minimum absolute atomic E-state index is 0.0563. The molecule has 1 N–H and O–H groups in total. The summed E-state index contributed by atoms with van der Waals surface area (Å²) in [6.07, 6.45) is 2.20. The van der Waals surface area contributed by atoms with Gasteiger partial charge in [0.2, 0.25) is 0 Å². The summed E-state index contributed by atoms with van der Waals surface area (Å²) in [5.41, 5.74) is 3.96. The van der Waals surface area contributed by atoms with Crippen molar-refractivity contribution in [1.82, 2.24) is 14.5 Å². The van der Waals surface area contributed by atoms with Crippen molar-refractivity contribution in [2.45, 2.75) is 52.5 Å². The molecule has 0 saturated carbocycles. The Bertz CT molecular complexity index is 868. The van der Waals surface area contributed by atoms with Crippen molar-refractivity contribution in [3.63, 3.8) is 0 Å². The van der Waals surface area contributed by atoms with E-state index in [0.717, 1.165) is 40.1 Å². The number of aromatic amines is 1. The van der Waals surface area contributed by atoms with Crippen molar-refractivity contribution < 1.29 is 0 Å². The first kappa shape index (κ1) is 16.0. The molecule has 0 aliphatic heterocycles. The second-order valence-corrected chi connectivity index (χ2v) is 7.04. The number of imidazole rings is 1. The Kier molecular flexibility index (Phi) is 4.39. The summed E-state index contributed by atoms with van der Waals surface area (Å²) in [6, 6.07) is 6.16. The lowest BCUT2D eigenvalue weighted by atomic mass is 10.0. The summed E-state index contributed by atoms with van der Waals surface area (Å²) in [7, 11) is 0. The van der Waals surface area contributed by atoms with Gasteiger partial charge in [-0.25, -0.2) is 9.78 Å². The zero-order chi connectivity index (χ0) is 16.6. The van der Waals surface area contributed by atoms with Crippen LogP contribution in [0, 0.1) is 0 Å². The lowest BCUT2D eigenvalue weighted by Gasteiger charge is -2.08. The third-order valence-electron chi connectivity index (χ3n) is 4.43. The van der Waals surface area contributed by atoms with E-state index in [9.17, 15) is 4.79 Å². The van der Waals surface area contributed by atoms with Crippen LogP contribution in [-0.4, -0.2) is 14.5 Å². The van der Waals surface area contributed by atoms with E-state index in [1.54, 1.807) is 15.9 Å². The van der Waals surface area contributed by atoms with E-state index in [-0.39, 0.29) is 11.7 Å². The highest BCUT2D eigenvalue weighted by molar-refractivity contribution is 7.13. The molecule has 5 heteroatoms. The van der Waals surface area contributed by atoms with E-state index in [1.165, 1.54) is 0 Å². The number of fused-ring (bicyclic) bond motifs is 1. The molecule has 0 atom stereocenters. The average Bonchev–Trinajstić information content (AvgIpc) is 3.11. The summed E-state index contributed by atoms with van der Waals surface area (Å²) in [6.45, 7) is 8.45. The smallest absolute Gasteiger partial charge is 0.305 e. The predicted octanol–water partition coefficient (Wildman–Crippen LogP) is 4.94. The first-order chi connectivity index (χ1) is 11.1. The van der Waals surface area contributed by atoms with Gasteiger partial charge in [-0.05, 0) is 38.8 Å². The van der Waals surface area contributed by atoms with Gasteiger partial charge in [0, 0.05) is 22.9 Å². The van der Waals surface area contributed by atoms with Crippen LogP contribution in [0.4, 0.5) is 0 Å². The number of nitrogens with one attached hydrogen (secondary N) is 1. The molecule has 3 aromatic rings. The Morgan fingerprint density at radius 2 is 2.00 bits per heavy atom. The number of hydrogen-bond acceptors (Lipinski definition) is 3. The van der Waals surface area contributed by atoms with Gasteiger partial charge in [-0.15, -0.1) is 11.3 Å². The molecular formula is C18H23N3OS. The van der Waals surface area contributed by atoms with Crippen LogP contribution in [0.25, 0.3) is 21.6 Å². The number of thiazole rings is 1. The highest BCUT2D eigenvalue weighted by Gasteiger charge is 2.17. The molecule has 0 spiro atoms. The number of benzene rings is 1. The van der Waals surface area contributed by atoms with Gasteiger partial charge in [-0.3, -0.25) is 4.57 Å². The molecule has 1 aromatic carbocycles. The zero-order valence-corrected chi connectivity index (χ0v) is 14.9. The van der Waals surface area contributed by atoms with Gasteiger partial charge in [0.1, 0.15) is 5.01 Å². The molecule has 0 bridgehead atoms. The minimum atomic E-state index is -0.0563. The van der Waals surface area contributed by atoms with Crippen LogP contribution < -0.4 is 5.69 Å². The number of para-hydroxylation sites is 1. The Labute approximate surface area is 140 Å². The molecule has 0 amide bonds. The number of H-pyrrole nitrogens is 1. The number of rotatable bonds is 5. The van der Waals surface area contributed by atoms with Gasteiger partial charge >= 0.3 is 5.69 Å². The van der Waals surface area contributed by atoms with Gasteiger partial charge in [0.05, 0.1) is 16.7 Å². The Morgan fingerprint density at radius 1 is 1.26 bits per heavy atom. The number of aromatic nitrogens is 3. The van der Waals surface area contributed by atoms with Crippen LogP contribution in [0.3, 0.4) is 0 Å². The van der Waals surface area contributed by atoms with Crippen LogP contribution >= 0.6 is 11.3 Å². The SMILES string of the molecule is CCC(CC)c1csc(-c2cccc3c2[nH]c(=O)n3C(C)C)n1. The van der Waals surface area contributed by atoms with Crippen LogP contribution in [-0.2, 0) is 0 Å². The maximum Gasteiger partial charge on any atom is 0.326 e. The van der Waals surface area contributed by atoms with Crippen molar-refractivity contribution in [2.24, 2.45) is 0 Å². The quantitative estimate of drug-likeness (QED) is 0.721. The maximum absolute atomic E-state index is 12.3. The van der Waals surface area contributed by atoms with Crippen LogP contribution in [0.2, 0.25) is 0 Å². The molecule has 23 heavy (non-hydrogen) atoms. The van der Waals surface area contributed by atoms with Crippen molar-refractivity contribution in [2.75, 3.05) is 0 Å². The first-order valence-corrected chi connectivity index (χ1v) is 9.13. The van der Waals surface area contributed by atoms with E-state index in [1.807, 2.05) is 32.0 Å². The largest absolute Gasteiger partial charge is 0.326 e. The number of hydrogen-bond donors (Lipinski definition) is 1. The second-order valence-electron chi connectivity index (χ2n) is 6.18. The fourth-order valence-electron chi connectivity index (χ4n) is 3.14. The van der Waals surface area contributed by atoms with E-state index in [4.69, 9.17) is 4.98 Å². The molecule has 3 rings (SSSR count). The topological polar surface area (TPSA) is 50.7 Å². The van der Waals surface area contributed by atoms with Gasteiger partial charge in [-0.2, -0.15) is 0 Å². The highest BCUT2D eigenvalue weighted by Crippen LogP contribution is 2.33. The molecule has 122 valence electrons. The van der Waals surface area contributed by atoms with E-state index in [2.05, 4.69) is 24.2 Å². The van der Waals surface area contributed by atoms with Crippen LogP contribution in [0.15, 0.2) is 28.4 Å². The first-order valence-electron chi connectivity index (χ1n) is 8.25. The third kappa shape index (κ3) is 2.74. The molecule has 2 aromatic heterocycles. The average molecular weight is 329 g/mol. The summed E-state index contributed by atoms with van der Waals surface area (Å²) in [5.74, 6) is 0.513. The fourth-order valence-corrected chi connectivity index (χ4v) is 4.08. The standard InChI is InChI=1S/C18H23N3OS/c1-5-12(6-2)14-10-23-17(19-14)13-8-7-9-15-16(13)20-18(22)21(15)11(3)4/h7-12H,5-6H2,1-4H3,(H,20,22). The van der Waals surface area contributed by atoms with Gasteiger partial charge in [0.15, 0.2) is 0 Å². The Balaban J connectivity index is 2.14. The summed E-state index contributed by atoms with van der Waals surface area (Å²) >= 11 is 1.66. The molecule has 0 fully saturated rings. The Hall–Kier alpha value is -1.88. The van der Waals surface area contributed by atoms with Gasteiger partial charge < -0.3 is 4.98 Å². The summed E-state index contributed by atoms with van der Waals surface area (Å²) in [4.78, 5) is 20.1. The lowest BCUT2D eigenvalue weighted by Crippen LogP contribution is -2.18. The minimum Gasteiger partial charge on any atom is -0.305 e. The van der Waals surface area contributed by atoms with Crippen molar-refractivity contribution >= 4 is 22.4 Å². The van der Waals surface area contributed by atoms with E-state index in [0.29, 0.717) is 5.92 Å². The number of nitrogens with zero attached hydrogens (tertiary/aromatic N) is 2. The van der Waals surface area contributed by atoms with Crippen LogP contribution in [0.5, 0.6) is 0 Å². The third-order valence-corrected chi connectivity index (χ3v) is 5.32. The maximum atomic E-state index is 12.3. The molecule has 0 unspecified atom stereocenters. The fraction of sp³-hybridized carbons (Fsp3) is 0.444. The zero-order valence-electron chi connectivity index (χ0n) is 14.1. The Morgan fingerprint density at radius 3 is 2.65 bits per heavy atom. The predicted molar refractivity (Wildman–Crippen MR) is 97.4 cm³/mol. The van der Waals surface area contributed by atoms with Crippen molar-refractivity contribution in [1.29, 1.82) is 0 Å². The monoisotopic (exact) mass is 329 g/mol. The molecule has 0 radical (unpaired) electrons. The van der Waals surface area contributed by atoms with Crippen LogP contribution in [0.1, 0.15) is 58.2 Å². The normalized spacial score (nSPS) is 11.9. The molecule has 0 saturated heterocycles. The summed E-state index contributed by atoms with van der Waals surface area (Å²) in [5, 5.41) is 3.14. The second kappa shape index (κ2) is 6.32. The van der Waals surface area contributed by atoms with E-state index < -0.39 is 0 Å². The van der Waals surface area contributed by atoms with Crippen molar-refractivity contribution in [3.8, 4) is 10.6 Å². The molecule has 0 aliphatic carbocycles. The molecule has 4 nitrogen and oxygen atoms in total. The lowest BCUT2D eigenvalue weighted by molar-refractivity contribution is 0.598. The highest BCUT2D eigenvalue weighted by atomic mass is 32.1. The van der Waals surface area contributed by atoms with E-state index >= 15 is 0 Å². The molecule has 0 aliphatic rings. The van der Waals surface area contributed by atoms with Gasteiger partial charge in [-0.1, -0.05) is 19.9 Å².